The van der Waals surface area contributed by atoms with Gasteiger partial charge in [0.2, 0.25) is 5.91 Å². The first-order valence-corrected chi connectivity index (χ1v) is 4.67. The van der Waals surface area contributed by atoms with Crippen molar-refractivity contribution in [3.63, 3.8) is 0 Å². The fourth-order valence-corrected chi connectivity index (χ4v) is 1.03. The molecule has 5 nitrogen and oxygen atoms in total. The van der Waals surface area contributed by atoms with Crippen LogP contribution in [0.3, 0.4) is 0 Å². The Morgan fingerprint density at radius 2 is 2.00 bits per heavy atom. The highest BCUT2D eigenvalue weighted by atomic mass is 35.5. The van der Waals surface area contributed by atoms with Crippen molar-refractivity contribution in [3.05, 3.63) is 0 Å². The second-order valence-electron chi connectivity index (χ2n) is 3.56. The molecular formula is C8H16ClN2O3+. The van der Waals surface area contributed by atoms with E-state index in [1.807, 2.05) is 0 Å². The Kier molecular flexibility index (Phi) is 4.87. The number of nitrogens with one attached hydrogen (secondary N) is 1. The Labute approximate surface area is 88.2 Å². The van der Waals surface area contributed by atoms with Crippen molar-refractivity contribution in [2.75, 3.05) is 27.7 Å². The Bertz CT molecular complexity index is 231. The first-order chi connectivity index (χ1) is 6.31. The van der Waals surface area contributed by atoms with Crippen LogP contribution in [0, 0.1) is 0 Å². The van der Waals surface area contributed by atoms with E-state index in [-0.39, 0.29) is 10.4 Å². The molecule has 82 valence electrons. The second-order valence-corrected chi connectivity index (χ2v) is 4.09. The summed E-state index contributed by atoms with van der Waals surface area (Å²) < 4.78 is -0.194. The van der Waals surface area contributed by atoms with Crippen LogP contribution in [0.1, 0.15) is 6.42 Å². The van der Waals surface area contributed by atoms with Crippen LogP contribution in [0.15, 0.2) is 0 Å². The van der Waals surface area contributed by atoms with Gasteiger partial charge in [-0.3, -0.25) is 4.79 Å². The van der Waals surface area contributed by atoms with Crippen molar-refractivity contribution in [1.82, 2.24) is 5.32 Å². The molecule has 0 aliphatic carbocycles. The predicted molar refractivity (Wildman–Crippen MR) is 53.3 cm³/mol. The molecule has 2 N–H and O–H groups in total. The first kappa shape index (κ1) is 13.2. The van der Waals surface area contributed by atoms with Crippen LogP contribution < -0.4 is 5.32 Å². The molecule has 14 heavy (non-hydrogen) atoms. The quantitative estimate of drug-likeness (QED) is 0.538. The molecule has 0 radical (unpaired) electrons. The molecule has 0 fully saturated rings. The number of carboxylic acid groups (broad SMARTS) is 1. The van der Waals surface area contributed by atoms with Gasteiger partial charge in [-0.25, -0.2) is 4.48 Å². The minimum absolute atomic E-state index is 0.194. The van der Waals surface area contributed by atoms with Crippen molar-refractivity contribution in [2.24, 2.45) is 0 Å². The molecule has 0 aromatic heterocycles. The number of alkyl halides is 1. The summed E-state index contributed by atoms with van der Waals surface area (Å²) in [6.45, 7) is 0.316. The van der Waals surface area contributed by atoms with E-state index < -0.39 is 11.5 Å². The van der Waals surface area contributed by atoms with E-state index in [4.69, 9.17) is 16.7 Å². The lowest BCUT2D eigenvalue weighted by molar-refractivity contribution is -0.816. The lowest BCUT2D eigenvalue weighted by Gasteiger charge is -2.23. The zero-order valence-electron chi connectivity index (χ0n) is 8.58. The summed E-state index contributed by atoms with van der Waals surface area (Å²) in [5.74, 6) is -0.281. The van der Waals surface area contributed by atoms with Crippen molar-refractivity contribution in [3.8, 4) is 0 Å². The Morgan fingerprint density at radius 3 is 2.36 bits per heavy atom. The molecule has 1 atom stereocenters. The number of nitrogens with zero attached hydrogens (tertiary/aromatic N) is 1. The highest BCUT2D eigenvalue weighted by Crippen LogP contribution is 2.07. The minimum atomic E-state index is -0.939. The smallest absolute Gasteiger partial charge is 0.435 e. The Hall–Kier alpha value is -0.810. The Morgan fingerprint density at radius 1 is 1.50 bits per heavy atom. The third-order valence-corrected chi connectivity index (χ3v) is 2.41. The average Bonchev–Trinajstić information content (AvgIpc) is 2.12. The Balaban J connectivity index is 4.06. The molecule has 0 aliphatic heterocycles. The largest absolute Gasteiger partial charge is 0.513 e. The van der Waals surface area contributed by atoms with Crippen LogP contribution in [0.25, 0.3) is 0 Å². The predicted octanol–water partition coefficient (Wildman–Crippen LogP) is 0.484. The molecule has 0 bridgehead atoms. The summed E-state index contributed by atoms with van der Waals surface area (Å²) in [5, 5.41) is 10.5. The molecule has 0 aliphatic rings. The molecule has 6 heteroatoms. The number of carbonyl (C=O) groups excluding carboxylic acids is 1. The maximum atomic E-state index is 11.0. The van der Waals surface area contributed by atoms with Gasteiger partial charge in [0.05, 0.1) is 20.6 Å². The number of hydrogen-bond donors (Lipinski definition) is 2. The minimum Gasteiger partial charge on any atom is -0.435 e. The van der Waals surface area contributed by atoms with Gasteiger partial charge in [-0.1, -0.05) is 0 Å². The summed E-state index contributed by atoms with van der Waals surface area (Å²) in [6.07, 6.45) is -0.605. The number of amides is 2. The zero-order valence-corrected chi connectivity index (χ0v) is 9.34. The van der Waals surface area contributed by atoms with Gasteiger partial charge < -0.3 is 10.4 Å². The maximum absolute atomic E-state index is 11.0. The van der Waals surface area contributed by atoms with Gasteiger partial charge in [-0.05, 0) is 0 Å². The lowest BCUT2D eigenvalue weighted by atomic mass is 10.2. The van der Waals surface area contributed by atoms with Crippen LogP contribution >= 0.6 is 11.6 Å². The highest BCUT2D eigenvalue weighted by molar-refractivity contribution is 6.30. The summed E-state index contributed by atoms with van der Waals surface area (Å²) >= 11 is 5.73. The summed E-state index contributed by atoms with van der Waals surface area (Å²) in [7, 11) is 4.60. The van der Waals surface area contributed by atoms with Gasteiger partial charge in [-0.2, -0.15) is 4.79 Å². The fourth-order valence-electron chi connectivity index (χ4n) is 0.819. The zero-order chi connectivity index (χ0) is 11.4. The summed E-state index contributed by atoms with van der Waals surface area (Å²) in [4.78, 5) is 21.7. The van der Waals surface area contributed by atoms with Gasteiger partial charge in [0, 0.05) is 13.5 Å². The molecule has 0 aromatic rings. The van der Waals surface area contributed by atoms with E-state index in [0.29, 0.717) is 13.0 Å². The van der Waals surface area contributed by atoms with Gasteiger partial charge in [0.15, 0.2) is 0 Å². The molecule has 0 saturated heterocycles. The SMILES string of the molecule is CNC(=O)C(Cl)CC[N+](C)(C)C(=O)O. The molecule has 0 aromatic carbocycles. The number of rotatable bonds is 4. The fraction of sp³-hybridized carbons (Fsp3) is 0.750. The van der Waals surface area contributed by atoms with Crippen LogP contribution in [0.2, 0.25) is 0 Å². The van der Waals surface area contributed by atoms with Crippen LogP contribution in [0.5, 0.6) is 0 Å². The second kappa shape index (κ2) is 5.17. The standard InChI is InChI=1S/C8H15ClN2O3/c1-10-7(12)6(9)4-5-11(2,3)8(13)14/h6H,4-5H2,1-3H3,(H-,10,12,13,14)/p+1. The van der Waals surface area contributed by atoms with E-state index in [0.717, 1.165) is 0 Å². The molecule has 1 unspecified atom stereocenters. The van der Waals surface area contributed by atoms with E-state index in [9.17, 15) is 9.59 Å². The monoisotopic (exact) mass is 223 g/mol. The normalized spacial score (nSPS) is 13.4. The number of hydrogen-bond acceptors (Lipinski definition) is 2. The van der Waals surface area contributed by atoms with Crippen molar-refractivity contribution in [1.29, 1.82) is 0 Å². The van der Waals surface area contributed by atoms with Gasteiger partial charge in [-0.15, -0.1) is 11.6 Å². The maximum Gasteiger partial charge on any atom is 0.513 e. The number of carbonyl (C=O) groups is 2. The molecular weight excluding hydrogens is 208 g/mol. The van der Waals surface area contributed by atoms with Crippen LogP contribution in [-0.4, -0.2) is 54.7 Å². The number of halogens is 1. The van der Waals surface area contributed by atoms with E-state index in [1.165, 1.54) is 7.05 Å². The van der Waals surface area contributed by atoms with Gasteiger partial charge in [0.25, 0.3) is 0 Å². The molecule has 2 amide bonds. The van der Waals surface area contributed by atoms with Crippen molar-refractivity contribution < 1.29 is 19.2 Å². The third kappa shape index (κ3) is 3.93. The summed E-state index contributed by atoms with van der Waals surface area (Å²) in [5.41, 5.74) is 0. The average molecular weight is 224 g/mol. The third-order valence-electron chi connectivity index (χ3n) is 1.99. The van der Waals surface area contributed by atoms with Gasteiger partial charge >= 0.3 is 6.09 Å². The molecule has 0 rings (SSSR count). The molecule has 0 heterocycles. The highest BCUT2D eigenvalue weighted by Gasteiger charge is 2.27. The van der Waals surface area contributed by atoms with Crippen molar-refractivity contribution in [2.45, 2.75) is 11.8 Å². The molecule has 0 saturated carbocycles. The van der Waals surface area contributed by atoms with E-state index in [1.54, 1.807) is 14.1 Å². The van der Waals surface area contributed by atoms with E-state index in [2.05, 4.69) is 5.32 Å². The van der Waals surface area contributed by atoms with Crippen molar-refractivity contribution >= 4 is 23.6 Å². The number of quaternary nitrogens is 1. The van der Waals surface area contributed by atoms with E-state index >= 15 is 0 Å². The summed E-state index contributed by atoms with van der Waals surface area (Å²) in [6, 6.07) is 0. The first-order valence-electron chi connectivity index (χ1n) is 4.23. The van der Waals surface area contributed by atoms with Gasteiger partial charge in [0.1, 0.15) is 5.38 Å². The molecule has 0 spiro atoms. The topological polar surface area (TPSA) is 66.4 Å². The lowest BCUT2D eigenvalue weighted by Crippen LogP contribution is -2.46. The van der Waals surface area contributed by atoms with Crippen LogP contribution in [-0.2, 0) is 4.79 Å². The van der Waals surface area contributed by atoms with Crippen LogP contribution in [0.4, 0.5) is 4.79 Å².